The Morgan fingerprint density at radius 1 is 1.31 bits per heavy atom. The quantitative estimate of drug-likeness (QED) is 0.577. The van der Waals surface area contributed by atoms with E-state index in [-0.39, 0.29) is 11.1 Å². The molecular weight excluding hydrogens is 368 g/mol. The summed E-state index contributed by atoms with van der Waals surface area (Å²) in [5.74, 6) is 2.35. The van der Waals surface area contributed by atoms with Crippen molar-refractivity contribution >= 4 is 23.4 Å². The average Bonchev–Trinajstić information content (AvgIpc) is 2.56. The van der Waals surface area contributed by atoms with E-state index in [1.165, 1.54) is 17.5 Å². The van der Waals surface area contributed by atoms with Crippen molar-refractivity contribution in [2.75, 3.05) is 12.4 Å². The van der Waals surface area contributed by atoms with Crippen molar-refractivity contribution in [3.63, 3.8) is 0 Å². The highest BCUT2D eigenvalue weighted by Gasteiger charge is 2.23. The second-order valence-electron chi connectivity index (χ2n) is 8.72. The summed E-state index contributed by atoms with van der Waals surface area (Å²) in [5, 5.41) is 4.61. The van der Waals surface area contributed by atoms with Gasteiger partial charge in [0.25, 0.3) is 5.56 Å². The maximum atomic E-state index is 12.4. The first kappa shape index (κ1) is 21.8. The molecule has 0 aromatic carbocycles. The average molecular weight is 401 g/mol. The van der Waals surface area contributed by atoms with Crippen LogP contribution in [0.15, 0.2) is 15.9 Å². The van der Waals surface area contributed by atoms with Crippen molar-refractivity contribution < 1.29 is 4.74 Å². The number of halogens is 1. The van der Waals surface area contributed by atoms with E-state index in [4.69, 9.17) is 16.3 Å². The molecule has 0 radical (unpaired) electrons. The third kappa shape index (κ3) is 6.28. The van der Waals surface area contributed by atoms with Crippen molar-refractivity contribution in [3.05, 3.63) is 21.6 Å². The fourth-order valence-electron chi connectivity index (χ4n) is 3.14. The number of rotatable bonds is 7. The van der Waals surface area contributed by atoms with Crippen molar-refractivity contribution in [1.29, 1.82) is 0 Å². The van der Waals surface area contributed by atoms with Crippen LogP contribution in [0.25, 0.3) is 0 Å². The molecule has 1 saturated carbocycles. The Morgan fingerprint density at radius 3 is 2.54 bits per heavy atom. The zero-order chi connectivity index (χ0) is 19.3. The summed E-state index contributed by atoms with van der Waals surface area (Å²) >= 11 is 7.98. The lowest BCUT2D eigenvalue weighted by Crippen LogP contribution is -2.36. The molecule has 0 amide bonds. The fourth-order valence-corrected chi connectivity index (χ4v) is 4.52. The second kappa shape index (κ2) is 9.61. The topological polar surface area (TPSA) is 44.1 Å². The van der Waals surface area contributed by atoms with E-state index in [1.807, 2.05) is 20.8 Å². The normalized spacial score (nSPS) is 21.3. The Balaban J connectivity index is 1.82. The first-order valence-corrected chi connectivity index (χ1v) is 11.1. The molecule has 1 aromatic rings. The minimum Gasteiger partial charge on any atom is -0.378 e. The van der Waals surface area contributed by atoms with E-state index in [9.17, 15) is 4.79 Å². The molecule has 6 heteroatoms. The molecule has 0 bridgehead atoms. The summed E-state index contributed by atoms with van der Waals surface area (Å²) in [4.78, 5) is 13.2. The van der Waals surface area contributed by atoms with Crippen LogP contribution < -0.4 is 5.56 Å². The van der Waals surface area contributed by atoms with Crippen LogP contribution in [0.4, 0.5) is 0 Å². The van der Waals surface area contributed by atoms with Crippen LogP contribution in [-0.2, 0) is 10.3 Å². The highest BCUT2D eigenvalue weighted by atomic mass is 35.5. The summed E-state index contributed by atoms with van der Waals surface area (Å²) in [6.45, 7) is 11.2. The molecule has 0 atom stereocenters. The van der Waals surface area contributed by atoms with Gasteiger partial charge in [-0.05, 0) is 64.7 Å². The zero-order valence-corrected chi connectivity index (χ0v) is 18.3. The molecule has 0 aliphatic heterocycles. The molecule has 1 fully saturated rings. The van der Waals surface area contributed by atoms with E-state index >= 15 is 0 Å². The number of hydrogen-bond acceptors (Lipinski definition) is 4. The van der Waals surface area contributed by atoms with Crippen molar-refractivity contribution in [1.82, 2.24) is 9.78 Å². The molecule has 1 aliphatic carbocycles. The Hall–Kier alpha value is -0.520. The summed E-state index contributed by atoms with van der Waals surface area (Å²) in [5.41, 5.74) is -0.566. The molecule has 4 nitrogen and oxygen atoms in total. The van der Waals surface area contributed by atoms with Gasteiger partial charge >= 0.3 is 0 Å². The second-order valence-corrected chi connectivity index (χ2v) is 10.2. The van der Waals surface area contributed by atoms with Gasteiger partial charge in [0.15, 0.2) is 0 Å². The van der Waals surface area contributed by atoms with Crippen LogP contribution in [0, 0.1) is 11.8 Å². The van der Waals surface area contributed by atoms with Gasteiger partial charge in [0.1, 0.15) is 5.02 Å². The smallest absolute Gasteiger partial charge is 0.287 e. The van der Waals surface area contributed by atoms with E-state index in [1.54, 1.807) is 18.0 Å². The molecule has 2 rings (SSSR count). The van der Waals surface area contributed by atoms with Gasteiger partial charge < -0.3 is 4.74 Å². The number of ether oxygens (including phenoxy) is 1. The van der Waals surface area contributed by atoms with Crippen LogP contribution in [0.3, 0.4) is 0 Å². The minimum absolute atomic E-state index is 0.202. The highest BCUT2D eigenvalue weighted by molar-refractivity contribution is 7.99. The first-order chi connectivity index (χ1) is 12.2. The predicted octanol–water partition coefficient (Wildman–Crippen LogP) is 5.37. The maximum absolute atomic E-state index is 12.4. The summed E-state index contributed by atoms with van der Waals surface area (Å²) in [6, 6.07) is 0. The van der Waals surface area contributed by atoms with Gasteiger partial charge in [-0.2, -0.15) is 5.10 Å². The molecule has 26 heavy (non-hydrogen) atoms. The lowest BCUT2D eigenvalue weighted by atomic mass is 9.89. The van der Waals surface area contributed by atoms with Crippen molar-refractivity contribution in [2.24, 2.45) is 11.8 Å². The van der Waals surface area contributed by atoms with Crippen LogP contribution in [0.2, 0.25) is 5.02 Å². The molecule has 148 valence electrons. The van der Waals surface area contributed by atoms with Crippen molar-refractivity contribution in [3.8, 4) is 0 Å². The zero-order valence-electron chi connectivity index (χ0n) is 16.8. The van der Waals surface area contributed by atoms with Gasteiger partial charge in [-0.3, -0.25) is 4.79 Å². The minimum atomic E-state index is -0.363. The van der Waals surface area contributed by atoms with E-state index < -0.39 is 0 Å². The Morgan fingerprint density at radius 2 is 1.96 bits per heavy atom. The third-order valence-electron chi connectivity index (χ3n) is 4.84. The number of aromatic nitrogens is 2. The van der Waals surface area contributed by atoms with E-state index in [0.29, 0.717) is 23.0 Å². The summed E-state index contributed by atoms with van der Waals surface area (Å²) in [7, 11) is 0. The molecule has 0 saturated heterocycles. The van der Waals surface area contributed by atoms with Gasteiger partial charge in [0.05, 0.1) is 22.7 Å². The number of nitrogens with zero attached hydrogens (tertiary/aromatic N) is 2. The van der Waals surface area contributed by atoms with Gasteiger partial charge in [-0.15, -0.1) is 11.8 Å². The molecular formula is C20H33ClN2O2S. The van der Waals surface area contributed by atoms with Crippen LogP contribution in [0.5, 0.6) is 0 Å². The molecule has 0 spiro atoms. The SMILES string of the molecule is CC(C)CCOC1CCC(CSc2cnn(C(C)(C)C)c(=O)c2Cl)CC1. The highest BCUT2D eigenvalue weighted by Crippen LogP contribution is 2.33. The molecule has 1 heterocycles. The number of thioether (sulfide) groups is 1. The van der Waals surface area contributed by atoms with Gasteiger partial charge in [0.2, 0.25) is 0 Å². The van der Waals surface area contributed by atoms with E-state index in [2.05, 4.69) is 18.9 Å². The predicted molar refractivity (Wildman–Crippen MR) is 110 cm³/mol. The van der Waals surface area contributed by atoms with E-state index in [0.717, 1.165) is 36.5 Å². The summed E-state index contributed by atoms with van der Waals surface area (Å²) in [6.07, 6.45) is 7.95. The lowest BCUT2D eigenvalue weighted by molar-refractivity contribution is 0.0152. The maximum Gasteiger partial charge on any atom is 0.287 e. The first-order valence-electron chi connectivity index (χ1n) is 9.71. The van der Waals surface area contributed by atoms with Gasteiger partial charge in [-0.25, -0.2) is 4.68 Å². The monoisotopic (exact) mass is 400 g/mol. The van der Waals surface area contributed by atoms with Gasteiger partial charge in [-0.1, -0.05) is 25.4 Å². The molecule has 0 N–H and O–H groups in total. The lowest BCUT2D eigenvalue weighted by Gasteiger charge is -2.28. The standard InChI is InChI=1S/C20H33ClN2O2S/c1-14(2)10-11-25-16-8-6-15(7-9-16)13-26-17-12-22-23(20(3,4)5)19(24)18(17)21/h12,14-16H,6-11,13H2,1-5H3. The third-order valence-corrected chi connectivity index (χ3v) is 6.58. The summed E-state index contributed by atoms with van der Waals surface area (Å²) < 4.78 is 7.46. The number of hydrogen-bond donors (Lipinski definition) is 0. The van der Waals surface area contributed by atoms with Gasteiger partial charge in [0, 0.05) is 12.4 Å². The molecule has 1 aromatic heterocycles. The Kier molecular flexibility index (Phi) is 8.05. The van der Waals surface area contributed by atoms with Crippen LogP contribution >= 0.6 is 23.4 Å². The van der Waals surface area contributed by atoms with Crippen LogP contribution in [-0.4, -0.2) is 28.2 Å². The molecule has 1 aliphatic rings. The van der Waals surface area contributed by atoms with Crippen molar-refractivity contribution in [2.45, 2.75) is 83.3 Å². The fraction of sp³-hybridized carbons (Fsp3) is 0.800. The Bertz CT molecular complexity index is 632. The van der Waals surface area contributed by atoms with Crippen LogP contribution in [0.1, 0.15) is 66.7 Å². The molecule has 0 unspecified atom stereocenters. The largest absolute Gasteiger partial charge is 0.378 e. The Labute approximate surface area is 167 Å².